The van der Waals surface area contributed by atoms with Gasteiger partial charge in [0.25, 0.3) is 0 Å². The first kappa shape index (κ1) is 12.3. The minimum Gasteiger partial charge on any atom is -0.343 e. The first-order valence-corrected chi connectivity index (χ1v) is 7.38. The van der Waals surface area contributed by atoms with Crippen LogP contribution in [0.25, 0.3) is 10.9 Å². The Labute approximate surface area is 114 Å². The number of fused-ring (bicyclic) bond motifs is 1. The second-order valence-corrected chi connectivity index (χ2v) is 5.47. The fraction of sp³-hybridized carbons (Fsp3) is 0.471. The van der Waals surface area contributed by atoms with Crippen molar-refractivity contribution in [3.63, 3.8) is 0 Å². The van der Waals surface area contributed by atoms with Crippen molar-refractivity contribution >= 4 is 10.9 Å². The SMILES string of the molecule is CCn1c(C2CCCCC2)c(C#N)c2ccccc21. The molecule has 2 nitrogen and oxygen atoms in total. The molecular weight excluding hydrogens is 232 g/mol. The molecule has 0 N–H and O–H groups in total. The lowest BCUT2D eigenvalue weighted by Gasteiger charge is -2.23. The summed E-state index contributed by atoms with van der Waals surface area (Å²) in [6, 6.07) is 10.8. The van der Waals surface area contributed by atoms with Gasteiger partial charge in [-0.05, 0) is 25.8 Å². The second kappa shape index (κ2) is 5.09. The maximum absolute atomic E-state index is 9.59. The largest absolute Gasteiger partial charge is 0.343 e. The predicted octanol–water partition coefficient (Wildman–Crippen LogP) is 4.58. The number of rotatable bonds is 2. The molecule has 0 amide bonds. The smallest absolute Gasteiger partial charge is 0.102 e. The van der Waals surface area contributed by atoms with Crippen molar-refractivity contribution in [2.75, 3.05) is 0 Å². The van der Waals surface area contributed by atoms with Crippen molar-refractivity contribution in [2.45, 2.75) is 51.5 Å². The molecule has 19 heavy (non-hydrogen) atoms. The zero-order chi connectivity index (χ0) is 13.2. The van der Waals surface area contributed by atoms with Crippen LogP contribution in [0.4, 0.5) is 0 Å². The molecule has 2 aromatic rings. The number of para-hydroxylation sites is 1. The quantitative estimate of drug-likeness (QED) is 0.769. The van der Waals surface area contributed by atoms with Crippen LogP contribution in [0.3, 0.4) is 0 Å². The number of aryl methyl sites for hydroxylation is 1. The van der Waals surface area contributed by atoms with Gasteiger partial charge in [-0.3, -0.25) is 0 Å². The molecule has 1 aliphatic rings. The Hall–Kier alpha value is -1.75. The van der Waals surface area contributed by atoms with Crippen molar-refractivity contribution in [3.05, 3.63) is 35.5 Å². The molecule has 2 heteroatoms. The van der Waals surface area contributed by atoms with Gasteiger partial charge in [0, 0.05) is 29.1 Å². The Morgan fingerprint density at radius 2 is 1.95 bits per heavy atom. The topological polar surface area (TPSA) is 28.7 Å². The average molecular weight is 252 g/mol. The number of hydrogen-bond donors (Lipinski definition) is 0. The number of hydrogen-bond acceptors (Lipinski definition) is 1. The van der Waals surface area contributed by atoms with Gasteiger partial charge in [0.1, 0.15) is 6.07 Å². The van der Waals surface area contributed by atoms with E-state index in [1.54, 1.807) is 0 Å². The fourth-order valence-electron chi connectivity index (χ4n) is 3.58. The summed E-state index contributed by atoms with van der Waals surface area (Å²) in [5, 5.41) is 10.7. The van der Waals surface area contributed by atoms with Crippen LogP contribution in [0.2, 0.25) is 0 Å². The van der Waals surface area contributed by atoms with E-state index < -0.39 is 0 Å². The van der Waals surface area contributed by atoms with E-state index in [1.165, 1.54) is 43.3 Å². The van der Waals surface area contributed by atoms with Gasteiger partial charge in [0.15, 0.2) is 0 Å². The van der Waals surface area contributed by atoms with Gasteiger partial charge in [0.05, 0.1) is 5.56 Å². The highest BCUT2D eigenvalue weighted by atomic mass is 15.0. The van der Waals surface area contributed by atoms with Crippen LogP contribution < -0.4 is 0 Å². The Bertz CT molecular complexity index is 624. The van der Waals surface area contributed by atoms with Crippen molar-refractivity contribution in [1.82, 2.24) is 4.57 Å². The van der Waals surface area contributed by atoms with Crippen LogP contribution in [0, 0.1) is 11.3 Å². The van der Waals surface area contributed by atoms with Gasteiger partial charge in [-0.1, -0.05) is 37.5 Å². The van der Waals surface area contributed by atoms with Crippen LogP contribution in [0.15, 0.2) is 24.3 Å². The highest BCUT2D eigenvalue weighted by Crippen LogP contribution is 2.38. The van der Waals surface area contributed by atoms with E-state index in [-0.39, 0.29) is 0 Å². The number of nitriles is 1. The summed E-state index contributed by atoms with van der Waals surface area (Å²) in [7, 11) is 0. The minimum absolute atomic E-state index is 0.579. The summed E-state index contributed by atoms with van der Waals surface area (Å²) in [6.07, 6.45) is 6.45. The fourth-order valence-corrected chi connectivity index (χ4v) is 3.58. The lowest BCUT2D eigenvalue weighted by molar-refractivity contribution is 0.426. The molecule has 0 saturated heterocycles. The number of nitrogens with zero attached hydrogens (tertiary/aromatic N) is 2. The predicted molar refractivity (Wildman–Crippen MR) is 78.2 cm³/mol. The van der Waals surface area contributed by atoms with Crippen LogP contribution in [-0.2, 0) is 6.54 Å². The van der Waals surface area contributed by atoms with Gasteiger partial charge < -0.3 is 4.57 Å². The molecule has 1 fully saturated rings. The Morgan fingerprint density at radius 3 is 2.63 bits per heavy atom. The highest BCUT2D eigenvalue weighted by molar-refractivity contribution is 5.88. The normalized spacial score (nSPS) is 16.6. The molecule has 0 aliphatic heterocycles. The van der Waals surface area contributed by atoms with E-state index in [2.05, 4.69) is 35.8 Å². The second-order valence-electron chi connectivity index (χ2n) is 5.47. The molecule has 0 radical (unpaired) electrons. The minimum atomic E-state index is 0.579. The van der Waals surface area contributed by atoms with Crippen LogP contribution in [0.1, 0.15) is 56.2 Å². The molecule has 1 heterocycles. The summed E-state index contributed by atoms with van der Waals surface area (Å²) in [5.41, 5.74) is 3.44. The maximum Gasteiger partial charge on any atom is 0.102 e. The van der Waals surface area contributed by atoms with E-state index in [0.717, 1.165) is 17.5 Å². The number of benzene rings is 1. The maximum atomic E-state index is 9.59. The molecule has 0 spiro atoms. The zero-order valence-corrected chi connectivity index (χ0v) is 11.5. The standard InChI is InChI=1S/C17H20N2/c1-2-19-16-11-7-6-10-14(16)15(12-18)17(19)13-8-4-3-5-9-13/h6-7,10-11,13H,2-5,8-9H2,1H3. The Balaban J connectivity index is 2.23. The van der Waals surface area contributed by atoms with E-state index in [4.69, 9.17) is 0 Å². The van der Waals surface area contributed by atoms with Crippen molar-refractivity contribution < 1.29 is 0 Å². The lowest BCUT2D eigenvalue weighted by atomic mass is 9.85. The average Bonchev–Trinajstić information content (AvgIpc) is 2.81. The highest BCUT2D eigenvalue weighted by Gasteiger charge is 2.24. The summed E-state index contributed by atoms with van der Waals surface area (Å²) >= 11 is 0. The third kappa shape index (κ3) is 1.94. The molecular formula is C17H20N2. The summed E-state index contributed by atoms with van der Waals surface area (Å²) in [4.78, 5) is 0. The molecule has 3 rings (SSSR count). The third-order valence-corrected chi connectivity index (χ3v) is 4.43. The van der Waals surface area contributed by atoms with Crippen molar-refractivity contribution in [3.8, 4) is 6.07 Å². The Kier molecular flexibility index (Phi) is 3.29. The summed E-state index contributed by atoms with van der Waals surface area (Å²) in [6.45, 7) is 3.13. The molecule has 0 atom stereocenters. The van der Waals surface area contributed by atoms with Gasteiger partial charge >= 0.3 is 0 Å². The number of aromatic nitrogens is 1. The lowest BCUT2D eigenvalue weighted by Crippen LogP contribution is -2.11. The van der Waals surface area contributed by atoms with E-state index in [0.29, 0.717) is 5.92 Å². The molecule has 0 unspecified atom stereocenters. The van der Waals surface area contributed by atoms with Crippen LogP contribution in [-0.4, -0.2) is 4.57 Å². The molecule has 1 aromatic heterocycles. The van der Waals surface area contributed by atoms with E-state index >= 15 is 0 Å². The monoisotopic (exact) mass is 252 g/mol. The summed E-state index contributed by atoms with van der Waals surface area (Å²) in [5.74, 6) is 0.579. The Morgan fingerprint density at radius 1 is 1.21 bits per heavy atom. The van der Waals surface area contributed by atoms with Crippen molar-refractivity contribution in [1.29, 1.82) is 5.26 Å². The first-order valence-electron chi connectivity index (χ1n) is 7.38. The summed E-state index contributed by atoms with van der Waals surface area (Å²) < 4.78 is 2.36. The van der Waals surface area contributed by atoms with Gasteiger partial charge in [-0.25, -0.2) is 0 Å². The van der Waals surface area contributed by atoms with Gasteiger partial charge in [-0.15, -0.1) is 0 Å². The van der Waals surface area contributed by atoms with Crippen LogP contribution in [0.5, 0.6) is 0 Å². The first-order chi connectivity index (χ1) is 9.36. The molecule has 1 aromatic carbocycles. The van der Waals surface area contributed by atoms with Crippen molar-refractivity contribution in [2.24, 2.45) is 0 Å². The zero-order valence-electron chi connectivity index (χ0n) is 11.5. The molecule has 0 bridgehead atoms. The van der Waals surface area contributed by atoms with Gasteiger partial charge in [-0.2, -0.15) is 5.26 Å². The van der Waals surface area contributed by atoms with Crippen LogP contribution >= 0.6 is 0 Å². The third-order valence-electron chi connectivity index (χ3n) is 4.43. The molecule has 1 aliphatic carbocycles. The van der Waals surface area contributed by atoms with E-state index in [1.807, 2.05) is 6.07 Å². The van der Waals surface area contributed by atoms with Gasteiger partial charge in [0.2, 0.25) is 0 Å². The molecule has 98 valence electrons. The molecule has 1 saturated carbocycles. The van der Waals surface area contributed by atoms with E-state index in [9.17, 15) is 5.26 Å².